The number of nitrogens with one attached hydrogen (secondary N) is 2. The second-order valence-electron chi connectivity index (χ2n) is 6.90. The fourth-order valence-electron chi connectivity index (χ4n) is 3.60. The van der Waals surface area contributed by atoms with Crippen molar-refractivity contribution in [3.05, 3.63) is 81.0 Å². The molecule has 28 heavy (non-hydrogen) atoms. The first-order chi connectivity index (χ1) is 13.5. The average Bonchev–Trinajstić information content (AvgIpc) is 2.72. The molecule has 0 bridgehead atoms. The fourth-order valence-corrected chi connectivity index (χ4v) is 3.60. The summed E-state index contributed by atoms with van der Waals surface area (Å²) in [5.41, 5.74) is 0.434. The van der Waals surface area contributed by atoms with E-state index < -0.39 is 11.2 Å². The Morgan fingerprint density at radius 1 is 1.00 bits per heavy atom. The molecule has 3 aromatic rings. The predicted molar refractivity (Wildman–Crippen MR) is 110 cm³/mol. The van der Waals surface area contributed by atoms with Crippen molar-refractivity contribution in [1.29, 1.82) is 0 Å². The van der Waals surface area contributed by atoms with E-state index in [0.29, 0.717) is 10.9 Å². The second kappa shape index (κ2) is 8.69. The maximum absolute atomic E-state index is 12.7. The number of aromatic amines is 1. The zero-order valence-electron chi connectivity index (χ0n) is 16.1. The molecule has 1 heterocycles. The van der Waals surface area contributed by atoms with Crippen LogP contribution in [0.1, 0.15) is 38.3 Å². The van der Waals surface area contributed by atoms with Gasteiger partial charge in [-0.3, -0.25) is 14.2 Å². The predicted octanol–water partition coefficient (Wildman–Crippen LogP) is 2.98. The monoisotopic (exact) mass is 379 g/mol. The van der Waals surface area contributed by atoms with Crippen molar-refractivity contribution in [2.24, 2.45) is 5.92 Å². The minimum Gasteiger partial charge on any atom is -0.347 e. The van der Waals surface area contributed by atoms with E-state index in [1.807, 2.05) is 30.3 Å². The summed E-state index contributed by atoms with van der Waals surface area (Å²) in [5.74, 6) is -0.0957. The number of fused-ring (bicyclic) bond motifs is 1. The topological polar surface area (TPSA) is 84.0 Å². The van der Waals surface area contributed by atoms with Gasteiger partial charge in [0.05, 0.1) is 16.9 Å². The Labute approximate surface area is 163 Å². The van der Waals surface area contributed by atoms with E-state index in [1.54, 1.807) is 24.3 Å². The van der Waals surface area contributed by atoms with Crippen LogP contribution in [0.15, 0.2) is 64.2 Å². The summed E-state index contributed by atoms with van der Waals surface area (Å²) in [7, 11) is 0. The maximum atomic E-state index is 12.7. The van der Waals surface area contributed by atoms with Gasteiger partial charge in [0.2, 0.25) is 5.91 Å². The van der Waals surface area contributed by atoms with Crippen molar-refractivity contribution in [2.45, 2.75) is 39.3 Å². The van der Waals surface area contributed by atoms with Crippen molar-refractivity contribution in [2.75, 3.05) is 0 Å². The Bertz CT molecular complexity index is 1070. The minimum atomic E-state index is -0.586. The quantitative estimate of drug-likeness (QED) is 0.662. The standard InChI is InChI=1S/C22H25N3O3/c1-3-15(4-2)20(16-10-6-5-7-11-16)24-19(26)14-25-21(27)17-12-8-9-13-18(17)23-22(25)28/h5-13,15,20H,3-4,14H2,1-2H3,(H,23,28)(H,24,26). The molecule has 1 amide bonds. The molecule has 6 heteroatoms. The van der Waals surface area contributed by atoms with Gasteiger partial charge in [0.1, 0.15) is 6.54 Å². The van der Waals surface area contributed by atoms with Crippen LogP contribution in [-0.4, -0.2) is 15.5 Å². The number of carbonyl (C=O) groups excluding carboxylic acids is 1. The Hall–Kier alpha value is -3.15. The molecule has 6 nitrogen and oxygen atoms in total. The van der Waals surface area contributed by atoms with Gasteiger partial charge in [0.15, 0.2) is 0 Å². The Kier molecular flexibility index (Phi) is 6.09. The first kappa shape index (κ1) is 19.6. The molecule has 0 saturated heterocycles. The maximum Gasteiger partial charge on any atom is 0.329 e. The number of benzene rings is 2. The molecule has 0 aliphatic heterocycles. The van der Waals surface area contributed by atoms with E-state index >= 15 is 0 Å². The lowest BCUT2D eigenvalue weighted by Crippen LogP contribution is -2.42. The molecule has 0 fully saturated rings. The van der Waals surface area contributed by atoms with Gasteiger partial charge >= 0.3 is 5.69 Å². The normalized spacial score (nSPS) is 12.2. The molecular formula is C22H25N3O3. The molecule has 0 aliphatic carbocycles. The minimum absolute atomic E-state index is 0.168. The molecule has 0 spiro atoms. The van der Waals surface area contributed by atoms with E-state index in [-0.39, 0.29) is 24.4 Å². The third-order valence-electron chi connectivity index (χ3n) is 5.19. The number of H-pyrrole nitrogens is 1. The largest absolute Gasteiger partial charge is 0.347 e. The molecular weight excluding hydrogens is 354 g/mol. The van der Waals surface area contributed by atoms with Gasteiger partial charge in [-0.25, -0.2) is 4.79 Å². The number of aromatic nitrogens is 2. The first-order valence-corrected chi connectivity index (χ1v) is 9.61. The van der Waals surface area contributed by atoms with Crippen LogP contribution >= 0.6 is 0 Å². The Morgan fingerprint density at radius 2 is 1.64 bits per heavy atom. The lowest BCUT2D eigenvalue weighted by molar-refractivity contribution is -0.123. The zero-order chi connectivity index (χ0) is 20.1. The van der Waals surface area contributed by atoms with Gasteiger partial charge in [-0.2, -0.15) is 0 Å². The summed E-state index contributed by atoms with van der Waals surface area (Å²) in [6, 6.07) is 16.4. The van der Waals surface area contributed by atoms with E-state index in [9.17, 15) is 14.4 Å². The van der Waals surface area contributed by atoms with Gasteiger partial charge in [0.25, 0.3) is 5.56 Å². The molecule has 0 aliphatic rings. The van der Waals surface area contributed by atoms with Gasteiger partial charge < -0.3 is 10.3 Å². The summed E-state index contributed by atoms with van der Waals surface area (Å²) < 4.78 is 0.951. The van der Waals surface area contributed by atoms with Crippen molar-refractivity contribution in [1.82, 2.24) is 14.9 Å². The third-order valence-corrected chi connectivity index (χ3v) is 5.19. The van der Waals surface area contributed by atoms with E-state index in [0.717, 1.165) is 23.0 Å². The number of hydrogen-bond acceptors (Lipinski definition) is 3. The SMILES string of the molecule is CCC(CC)C(NC(=O)Cn1c(=O)[nH]c2ccccc2c1=O)c1ccccc1. The van der Waals surface area contributed by atoms with Crippen LogP contribution in [0.2, 0.25) is 0 Å². The summed E-state index contributed by atoms with van der Waals surface area (Å²) in [6.07, 6.45) is 1.82. The average molecular weight is 379 g/mol. The van der Waals surface area contributed by atoms with Crippen LogP contribution in [-0.2, 0) is 11.3 Å². The highest BCUT2D eigenvalue weighted by Gasteiger charge is 2.23. The molecule has 146 valence electrons. The molecule has 3 rings (SSSR count). The van der Waals surface area contributed by atoms with Crippen molar-refractivity contribution in [3.8, 4) is 0 Å². The molecule has 1 unspecified atom stereocenters. The molecule has 1 atom stereocenters. The van der Waals surface area contributed by atoms with E-state index in [4.69, 9.17) is 0 Å². The number of para-hydroxylation sites is 1. The Morgan fingerprint density at radius 3 is 2.32 bits per heavy atom. The van der Waals surface area contributed by atoms with Crippen LogP contribution in [0.3, 0.4) is 0 Å². The second-order valence-corrected chi connectivity index (χ2v) is 6.90. The lowest BCUT2D eigenvalue weighted by Gasteiger charge is -2.27. The number of carbonyl (C=O) groups is 1. The van der Waals surface area contributed by atoms with Gasteiger partial charge in [-0.05, 0) is 23.6 Å². The summed E-state index contributed by atoms with van der Waals surface area (Å²) in [6.45, 7) is 3.87. The molecule has 0 radical (unpaired) electrons. The highest BCUT2D eigenvalue weighted by atomic mass is 16.2. The van der Waals surface area contributed by atoms with Crippen LogP contribution in [0.4, 0.5) is 0 Å². The van der Waals surface area contributed by atoms with Crippen LogP contribution < -0.4 is 16.6 Å². The number of nitrogens with zero attached hydrogens (tertiary/aromatic N) is 1. The number of amides is 1. The summed E-state index contributed by atoms with van der Waals surface area (Å²) in [4.78, 5) is 40.4. The molecule has 2 N–H and O–H groups in total. The fraction of sp³-hybridized carbons (Fsp3) is 0.318. The smallest absolute Gasteiger partial charge is 0.329 e. The molecule has 1 aromatic heterocycles. The summed E-state index contributed by atoms with van der Waals surface area (Å²) >= 11 is 0. The van der Waals surface area contributed by atoms with Crippen LogP contribution in [0.5, 0.6) is 0 Å². The zero-order valence-corrected chi connectivity index (χ0v) is 16.1. The van der Waals surface area contributed by atoms with E-state index in [2.05, 4.69) is 24.1 Å². The molecule has 0 saturated carbocycles. The number of hydrogen-bond donors (Lipinski definition) is 2. The van der Waals surface area contributed by atoms with Crippen molar-refractivity contribution < 1.29 is 4.79 Å². The number of rotatable bonds is 7. The first-order valence-electron chi connectivity index (χ1n) is 9.61. The Balaban J connectivity index is 1.89. The lowest BCUT2D eigenvalue weighted by atomic mass is 9.89. The summed E-state index contributed by atoms with van der Waals surface area (Å²) in [5, 5.41) is 3.42. The van der Waals surface area contributed by atoms with Crippen molar-refractivity contribution >= 4 is 16.8 Å². The van der Waals surface area contributed by atoms with Gasteiger partial charge in [0, 0.05) is 0 Å². The molecule has 2 aromatic carbocycles. The van der Waals surface area contributed by atoms with Crippen LogP contribution in [0.25, 0.3) is 10.9 Å². The highest BCUT2D eigenvalue weighted by molar-refractivity contribution is 5.79. The van der Waals surface area contributed by atoms with Crippen LogP contribution in [0, 0.1) is 5.92 Å². The van der Waals surface area contributed by atoms with E-state index in [1.165, 1.54) is 0 Å². The van der Waals surface area contributed by atoms with Gasteiger partial charge in [-0.1, -0.05) is 69.2 Å². The highest BCUT2D eigenvalue weighted by Crippen LogP contribution is 2.27. The van der Waals surface area contributed by atoms with Gasteiger partial charge in [-0.15, -0.1) is 0 Å². The van der Waals surface area contributed by atoms with Crippen molar-refractivity contribution in [3.63, 3.8) is 0 Å². The third kappa shape index (κ3) is 4.06.